The first kappa shape index (κ1) is 20.0. The zero-order valence-corrected chi connectivity index (χ0v) is 16.5. The number of aromatic nitrogens is 2. The van der Waals surface area contributed by atoms with Crippen molar-refractivity contribution in [3.63, 3.8) is 0 Å². The first-order chi connectivity index (χ1) is 14.0. The van der Waals surface area contributed by atoms with Crippen LogP contribution in [0.15, 0.2) is 54.6 Å². The van der Waals surface area contributed by atoms with Gasteiger partial charge in [-0.15, -0.1) is 10.2 Å². The van der Waals surface area contributed by atoms with Gasteiger partial charge in [0.25, 0.3) is 5.91 Å². The molecule has 0 bridgehead atoms. The van der Waals surface area contributed by atoms with E-state index in [0.717, 1.165) is 22.5 Å². The van der Waals surface area contributed by atoms with E-state index in [4.69, 9.17) is 4.74 Å². The normalized spacial score (nSPS) is 10.3. The van der Waals surface area contributed by atoms with E-state index in [1.54, 1.807) is 43.3 Å². The fraction of sp³-hybridized carbons (Fsp3) is 0.182. The molecule has 0 unspecified atom stereocenters. The third-order valence-corrected chi connectivity index (χ3v) is 4.21. The maximum absolute atomic E-state index is 12.4. The molecule has 0 aliphatic heterocycles. The van der Waals surface area contributed by atoms with Crippen molar-refractivity contribution in [2.45, 2.75) is 20.8 Å². The minimum atomic E-state index is -0.363. The Morgan fingerprint density at radius 2 is 1.72 bits per heavy atom. The van der Waals surface area contributed by atoms with Crippen LogP contribution in [0.2, 0.25) is 0 Å². The Labute approximate surface area is 169 Å². The predicted octanol–water partition coefficient (Wildman–Crippen LogP) is 4.27. The van der Waals surface area contributed by atoms with Gasteiger partial charge in [-0.1, -0.05) is 12.1 Å². The molecule has 2 N–H and O–H groups in total. The number of hydrogen-bond donors (Lipinski definition) is 2. The maximum Gasteiger partial charge on any atom is 0.338 e. The molecule has 0 aliphatic rings. The molecule has 1 amide bonds. The highest BCUT2D eigenvalue weighted by atomic mass is 16.5. The van der Waals surface area contributed by atoms with Crippen LogP contribution in [0.25, 0.3) is 0 Å². The lowest BCUT2D eigenvalue weighted by molar-refractivity contribution is 0.0526. The number of amides is 1. The Morgan fingerprint density at radius 1 is 0.966 bits per heavy atom. The van der Waals surface area contributed by atoms with E-state index in [9.17, 15) is 9.59 Å². The third-order valence-electron chi connectivity index (χ3n) is 4.21. The van der Waals surface area contributed by atoms with E-state index < -0.39 is 0 Å². The molecule has 0 saturated heterocycles. The number of benzene rings is 2. The number of nitrogens with zero attached hydrogens (tertiary/aromatic N) is 2. The molecule has 1 heterocycles. The Bertz CT molecular complexity index is 1020. The summed E-state index contributed by atoms with van der Waals surface area (Å²) in [7, 11) is 0. The number of anilines is 3. The van der Waals surface area contributed by atoms with Gasteiger partial charge in [-0.3, -0.25) is 4.79 Å². The molecule has 0 saturated carbocycles. The topological polar surface area (TPSA) is 93.2 Å². The average Bonchev–Trinajstić information content (AvgIpc) is 2.72. The van der Waals surface area contributed by atoms with Crippen LogP contribution in [-0.2, 0) is 4.74 Å². The Hall–Kier alpha value is -3.74. The molecule has 1 aromatic heterocycles. The van der Waals surface area contributed by atoms with Crippen LogP contribution >= 0.6 is 0 Å². The van der Waals surface area contributed by atoms with Crippen molar-refractivity contribution in [2.75, 3.05) is 17.2 Å². The summed E-state index contributed by atoms with van der Waals surface area (Å²) in [6.45, 7) is 5.99. The molecule has 29 heavy (non-hydrogen) atoms. The van der Waals surface area contributed by atoms with Crippen molar-refractivity contribution in [1.82, 2.24) is 10.2 Å². The number of aryl methyl sites for hydroxylation is 2. The van der Waals surface area contributed by atoms with Gasteiger partial charge in [0.1, 0.15) is 0 Å². The second-order valence-corrected chi connectivity index (χ2v) is 6.50. The van der Waals surface area contributed by atoms with Crippen molar-refractivity contribution in [3.8, 4) is 0 Å². The number of carbonyl (C=O) groups excluding carboxylic acids is 2. The van der Waals surface area contributed by atoms with Crippen molar-refractivity contribution in [3.05, 3.63) is 77.0 Å². The largest absolute Gasteiger partial charge is 0.462 e. The first-order valence-corrected chi connectivity index (χ1v) is 9.23. The van der Waals surface area contributed by atoms with Crippen LogP contribution in [-0.4, -0.2) is 28.7 Å². The summed E-state index contributed by atoms with van der Waals surface area (Å²) < 4.78 is 4.96. The summed E-state index contributed by atoms with van der Waals surface area (Å²) >= 11 is 0. The monoisotopic (exact) mass is 390 g/mol. The molecular formula is C22H22N4O3. The van der Waals surface area contributed by atoms with Gasteiger partial charge < -0.3 is 15.4 Å². The van der Waals surface area contributed by atoms with Gasteiger partial charge in [0.2, 0.25) is 0 Å². The Morgan fingerprint density at radius 3 is 2.38 bits per heavy atom. The fourth-order valence-electron chi connectivity index (χ4n) is 2.63. The highest BCUT2D eigenvalue weighted by Crippen LogP contribution is 2.18. The maximum atomic E-state index is 12.4. The summed E-state index contributed by atoms with van der Waals surface area (Å²) in [5.41, 5.74) is 4.21. The van der Waals surface area contributed by atoms with Gasteiger partial charge >= 0.3 is 5.97 Å². The summed E-state index contributed by atoms with van der Waals surface area (Å²) in [6.07, 6.45) is 0. The molecule has 0 aliphatic carbocycles. The molecule has 7 heteroatoms. The smallest absolute Gasteiger partial charge is 0.338 e. The lowest BCUT2D eigenvalue weighted by atomic mass is 10.1. The fourth-order valence-corrected chi connectivity index (χ4v) is 2.63. The lowest BCUT2D eigenvalue weighted by Crippen LogP contribution is -2.15. The predicted molar refractivity (Wildman–Crippen MR) is 112 cm³/mol. The summed E-state index contributed by atoms with van der Waals surface area (Å²) in [6, 6.07) is 16.0. The standard InChI is InChI=1S/C22H22N4O3/c1-4-29-22(28)16-7-9-17(10-8-16)23-20-12-11-18(25-26-20)21(27)24-19-13-14(2)5-6-15(19)3/h5-13H,4H2,1-3H3,(H,23,26)(H,24,27). The highest BCUT2D eigenvalue weighted by molar-refractivity contribution is 6.03. The van der Waals surface area contributed by atoms with Crippen LogP contribution in [0.3, 0.4) is 0 Å². The number of esters is 1. The summed E-state index contributed by atoms with van der Waals surface area (Å²) in [4.78, 5) is 24.1. The number of carbonyl (C=O) groups is 2. The average molecular weight is 390 g/mol. The van der Waals surface area contributed by atoms with Crippen LogP contribution < -0.4 is 10.6 Å². The van der Waals surface area contributed by atoms with Gasteiger partial charge in [-0.2, -0.15) is 0 Å². The Balaban J connectivity index is 1.64. The second-order valence-electron chi connectivity index (χ2n) is 6.50. The van der Waals surface area contributed by atoms with Gasteiger partial charge in [0.05, 0.1) is 12.2 Å². The quantitative estimate of drug-likeness (QED) is 0.611. The first-order valence-electron chi connectivity index (χ1n) is 9.23. The van der Waals surface area contributed by atoms with Gasteiger partial charge in [0.15, 0.2) is 11.5 Å². The van der Waals surface area contributed by atoms with Crippen LogP contribution in [0.4, 0.5) is 17.2 Å². The van der Waals surface area contributed by atoms with E-state index in [2.05, 4.69) is 20.8 Å². The van der Waals surface area contributed by atoms with Crippen LogP contribution in [0, 0.1) is 13.8 Å². The molecule has 2 aromatic carbocycles. The molecule has 148 valence electrons. The van der Waals surface area contributed by atoms with Gasteiger partial charge in [-0.25, -0.2) is 4.79 Å². The minimum Gasteiger partial charge on any atom is -0.462 e. The number of hydrogen-bond acceptors (Lipinski definition) is 6. The third kappa shape index (κ3) is 5.16. The number of ether oxygens (including phenoxy) is 1. The molecule has 3 rings (SSSR count). The molecule has 3 aromatic rings. The van der Waals surface area contributed by atoms with Crippen molar-refractivity contribution in [2.24, 2.45) is 0 Å². The minimum absolute atomic E-state index is 0.217. The summed E-state index contributed by atoms with van der Waals surface area (Å²) in [5.74, 6) is -0.202. The molecular weight excluding hydrogens is 368 g/mol. The van der Waals surface area contributed by atoms with E-state index in [-0.39, 0.29) is 17.6 Å². The van der Waals surface area contributed by atoms with E-state index >= 15 is 0 Å². The molecule has 0 radical (unpaired) electrons. The van der Waals surface area contributed by atoms with Gasteiger partial charge in [-0.05, 0) is 74.4 Å². The van der Waals surface area contributed by atoms with Crippen molar-refractivity contribution < 1.29 is 14.3 Å². The number of nitrogens with one attached hydrogen (secondary N) is 2. The van der Waals surface area contributed by atoms with Gasteiger partial charge in [0, 0.05) is 11.4 Å². The van der Waals surface area contributed by atoms with E-state index in [0.29, 0.717) is 18.0 Å². The summed E-state index contributed by atoms with van der Waals surface area (Å²) in [5, 5.41) is 14.0. The zero-order valence-electron chi connectivity index (χ0n) is 16.5. The molecule has 0 fully saturated rings. The molecule has 0 atom stereocenters. The second kappa shape index (κ2) is 8.97. The SMILES string of the molecule is CCOC(=O)c1ccc(Nc2ccc(C(=O)Nc3cc(C)ccc3C)nn2)cc1. The van der Waals surface area contributed by atoms with E-state index in [1.807, 2.05) is 32.0 Å². The highest BCUT2D eigenvalue weighted by Gasteiger charge is 2.11. The molecule has 0 spiro atoms. The zero-order chi connectivity index (χ0) is 20.8. The number of rotatable bonds is 6. The van der Waals surface area contributed by atoms with Crippen LogP contribution in [0.5, 0.6) is 0 Å². The van der Waals surface area contributed by atoms with Crippen LogP contribution in [0.1, 0.15) is 38.9 Å². The van der Waals surface area contributed by atoms with Crippen molar-refractivity contribution in [1.29, 1.82) is 0 Å². The lowest BCUT2D eigenvalue weighted by Gasteiger charge is -2.09. The van der Waals surface area contributed by atoms with Crippen molar-refractivity contribution >= 4 is 29.1 Å². The van der Waals surface area contributed by atoms with E-state index in [1.165, 1.54) is 0 Å². The molecule has 7 nitrogen and oxygen atoms in total. The Kier molecular flexibility index (Phi) is 6.19.